The molecule has 0 aromatic heterocycles. The predicted octanol–water partition coefficient (Wildman–Crippen LogP) is 2.22. The Morgan fingerprint density at radius 2 is 2.05 bits per heavy atom. The predicted molar refractivity (Wildman–Crippen MR) is 77.3 cm³/mol. The lowest BCUT2D eigenvalue weighted by atomic mass is 9.60. The number of rotatable bonds is 1. The zero-order chi connectivity index (χ0) is 14.7. The fourth-order valence-electron chi connectivity index (χ4n) is 5.85. The van der Waals surface area contributed by atoms with Crippen molar-refractivity contribution < 1.29 is 14.3 Å². The molecule has 1 amide bonds. The van der Waals surface area contributed by atoms with Crippen molar-refractivity contribution in [3.63, 3.8) is 0 Å². The summed E-state index contributed by atoms with van der Waals surface area (Å²) < 4.78 is 5.79. The fraction of sp³-hybridized carbons (Fsp3) is 0.882. The Hall–Kier alpha value is -1.06. The maximum atomic E-state index is 12.5. The first-order valence-electron chi connectivity index (χ1n) is 8.63. The van der Waals surface area contributed by atoms with E-state index in [9.17, 15) is 9.59 Å². The van der Waals surface area contributed by atoms with Crippen LogP contribution in [0.15, 0.2) is 0 Å². The summed E-state index contributed by atoms with van der Waals surface area (Å²) in [5, 5.41) is 0. The van der Waals surface area contributed by atoms with Crippen molar-refractivity contribution in [3.8, 4) is 0 Å². The Kier molecular flexibility index (Phi) is 3.05. The molecule has 4 rings (SSSR count). The number of hydrogen-bond acceptors (Lipinski definition) is 3. The van der Waals surface area contributed by atoms with E-state index in [0.29, 0.717) is 36.1 Å². The lowest BCUT2D eigenvalue weighted by molar-refractivity contribution is -0.148. The van der Waals surface area contributed by atoms with Gasteiger partial charge in [0.25, 0.3) is 0 Å². The van der Waals surface area contributed by atoms with Crippen molar-refractivity contribution >= 4 is 11.9 Å². The van der Waals surface area contributed by atoms with Gasteiger partial charge in [-0.15, -0.1) is 0 Å². The van der Waals surface area contributed by atoms with E-state index in [-0.39, 0.29) is 23.9 Å². The maximum absolute atomic E-state index is 12.5. The topological polar surface area (TPSA) is 46.6 Å². The summed E-state index contributed by atoms with van der Waals surface area (Å²) in [4.78, 5) is 26.8. The lowest BCUT2D eigenvalue weighted by Crippen LogP contribution is -2.53. The van der Waals surface area contributed by atoms with Crippen LogP contribution in [0, 0.1) is 29.6 Å². The molecule has 4 heteroatoms. The number of amides is 1. The van der Waals surface area contributed by atoms with Crippen molar-refractivity contribution in [1.82, 2.24) is 4.90 Å². The van der Waals surface area contributed by atoms with Crippen LogP contribution in [0.5, 0.6) is 0 Å². The maximum Gasteiger partial charge on any atom is 0.309 e. The molecule has 0 aromatic rings. The summed E-state index contributed by atoms with van der Waals surface area (Å²) in [6.45, 7) is 5.14. The minimum Gasteiger partial charge on any atom is -0.462 e. The molecule has 4 nitrogen and oxygen atoms in total. The average Bonchev–Trinajstić information content (AvgIpc) is 2.82. The third kappa shape index (κ3) is 1.74. The van der Waals surface area contributed by atoms with E-state index >= 15 is 0 Å². The SMILES string of the molecule is CCC1C2CCCCN3C(=O)CC(C4C(C)C(=O)OC14)C23. The third-order valence-corrected chi connectivity index (χ3v) is 6.67. The Labute approximate surface area is 126 Å². The zero-order valence-electron chi connectivity index (χ0n) is 13.0. The van der Waals surface area contributed by atoms with E-state index in [1.54, 1.807) is 0 Å². The van der Waals surface area contributed by atoms with Crippen LogP contribution in [0.25, 0.3) is 0 Å². The Balaban J connectivity index is 1.77. The van der Waals surface area contributed by atoms with Crippen molar-refractivity contribution in [1.29, 1.82) is 0 Å². The molecule has 0 aromatic carbocycles. The van der Waals surface area contributed by atoms with Crippen molar-refractivity contribution in [2.75, 3.05) is 6.54 Å². The second-order valence-corrected chi connectivity index (χ2v) is 7.44. The van der Waals surface area contributed by atoms with Crippen LogP contribution >= 0.6 is 0 Å². The molecule has 21 heavy (non-hydrogen) atoms. The van der Waals surface area contributed by atoms with Gasteiger partial charge in [0, 0.05) is 30.8 Å². The van der Waals surface area contributed by atoms with Crippen LogP contribution in [0.3, 0.4) is 0 Å². The molecule has 3 heterocycles. The minimum atomic E-state index is -0.0363. The molecule has 0 spiro atoms. The van der Waals surface area contributed by atoms with Crippen molar-refractivity contribution in [2.24, 2.45) is 29.6 Å². The van der Waals surface area contributed by atoms with Gasteiger partial charge in [0.15, 0.2) is 0 Å². The van der Waals surface area contributed by atoms with Crippen LogP contribution in [-0.4, -0.2) is 35.5 Å². The number of hydrogen-bond donors (Lipinski definition) is 0. The summed E-state index contributed by atoms with van der Waals surface area (Å²) in [5.41, 5.74) is 0. The first-order chi connectivity index (χ1) is 10.1. The summed E-state index contributed by atoms with van der Waals surface area (Å²) in [6, 6.07) is 0.378. The monoisotopic (exact) mass is 291 g/mol. The van der Waals surface area contributed by atoms with Gasteiger partial charge in [-0.25, -0.2) is 0 Å². The third-order valence-electron chi connectivity index (χ3n) is 6.67. The van der Waals surface area contributed by atoms with E-state index in [0.717, 1.165) is 19.4 Å². The smallest absolute Gasteiger partial charge is 0.309 e. The van der Waals surface area contributed by atoms with Gasteiger partial charge in [-0.2, -0.15) is 0 Å². The minimum absolute atomic E-state index is 0.0361. The number of nitrogens with zero attached hydrogens (tertiary/aromatic N) is 1. The average molecular weight is 291 g/mol. The molecular formula is C17H25NO3. The normalized spacial score (nSPS) is 48.7. The summed E-state index contributed by atoms with van der Waals surface area (Å²) in [6.07, 6.45) is 5.28. The molecule has 0 N–H and O–H groups in total. The molecule has 116 valence electrons. The molecule has 3 aliphatic heterocycles. The molecule has 7 atom stereocenters. The standard InChI is InChI=1S/C17H25NO3/c1-3-10-11-6-4-5-7-18-13(19)8-12(15(11)18)14-9(2)17(20)21-16(10)14/h9-12,14-16H,3-8H2,1-2H3. The molecular weight excluding hydrogens is 266 g/mol. The Bertz CT molecular complexity index is 477. The van der Waals surface area contributed by atoms with Gasteiger partial charge < -0.3 is 9.64 Å². The first kappa shape index (κ1) is 13.6. The van der Waals surface area contributed by atoms with Gasteiger partial charge in [-0.1, -0.05) is 20.3 Å². The molecule has 0 bridgehead atoms. The van der Waals surface area contributed by atoms with E-state index in [4.69, 9.17) is 4.74 Å². The van der Waals surface area contributed by atoms with Crippen LogP contribution in [0.1, 0.15) is 46.0 Å². The molecule has 0 radical (unpaired) electrons. The Morgan fingerprint density at radius 3 is 2.81 bits per heavy atom. The van der Waals surface area contributed by atoms with Crippen LogP contribution in [0.4, 0.5) is 0 Å². The molecule has 4 aliphatic rings. The summed E-state index contributed by atoms with van der Waals surface area (Å²) in [5.74, 6) is 1.83. The zero-order valence-corrected chi connectivity index (χ0v) is 13.0. The number of esters is 1. The molecule has 7 unspecified atom stereocenters. The highest BCUT2D eigenvalue weighted by Gasteiger charge is 2.62. The lowest BCUT2D eigenvalue weighted by Gasteiger charge is -2.47. The van der Waals surface area contributed by atoms with Crippen LogP contribution in [0.2, 0.25) is 0 Å². The van der Waals surface area contributed by atoms with Gasteiger partial charge in [0.2, 0.25) is 5.91 Å². The van der Waals surface area contributed by atoms with E-state index in [2.05, 4.69) is 11.8 Å². The van der Waals surface area contributed by atoms with Gasteiger partial charge in [-0.3, -0.25) is 9.59 Å². The number of carbonyl (C=O) groups excluding carboxylic acids is 2. The van der Waals surface area contributed by atoms with Gasteiger partial charge in [0.05, 0.1) is 5.92 Å². The fourth-order valence-corrected chi connectivity index (χ4v) is 5.85. The molecule has 1 aliphatic carbocycles. The highest BCUT2D eigenvalue weighted by molar-refractivity contribution is 5.81. The summed E-state index contributed by atoms with van der Waals surface area (Å²) >= 11 is 0. The largest absolute Gasteiger partial charge is 0.462 e. The van der Waals surface area contributed by atoms with Crippen LogP contribution < -0.4 is 0 Å². The van der Waals surface area contributed by atoms with Gasteiger partial charge >= 0.3 is 5.97 Å². The second kappa shape index (κ2) is 4.72. The second-order valence-electron chi connectivity index (χ2n) is 7.44. The van der Waals surface area contributed by atoms with E-state index < -0.39 is 0 Å². The van der Waals surface area contributed by atoms with Crippen LogP contribution in [-0.2, 0) is 14.3 Å². The molecule has 1 saturated carbocycles. The van der Waals surface area contributed by atoms with Gasteiger partial charge in [0.1, 0.15) is 6.10 Å². The van der Waals surface area contributed by atoms with Crippen molar-refractivity contribution in [3.05, 3.63) is 0 Å². The summed E-state index contributed by atoms with van der Waals surface area (Å²) in [7, 11) is 0. The Morgan fingerprint density at radius 1 is 1.24 bits per heavy atom. The van der Waals surface area contributed by atoms with E-state index in [1.165, 1.54) is 12.8 Å². The molecule has 4 fully saturated rings. The molecule has 3 saturated heterocycles. The van der Waals surface area contributed by atoms with Crippen molar-refractivity contribution in [2.45, 2.75) is 58.1 Å². The number of carbonyl (C=O) groups is 2. The van der Waals surface area contributed by atoms with E-state index in [1.807, 2.05) is 6.92 Å². The quantitative estimate of drug-likeness (QED) is 0.696. The highest BCUT2D eigenvalue weighted by Crippen LogP contribution is 2.55. The number of fused-ring (bicyclic) bond motifs is 2. The highest BCUT2D eigenvalue weighted by atomic mass is 16.6. The first-order valence-corrected chi connectivity index (χ1v) is 8.63. The van der Waals surface area contributed by atoms with Gasteiger partial charge in [-0.05, 0) is 31.1 Å². The number of ether oxygens (including phenoxy) is 1.